The lowest BCUT2D eigenvalue weighted by molar-refractivity contribution is 0.0706. The summed E-state index contributed by atoms with van der Waals surface area (Å²) >= 11 is 0. The molecular weight excluding hydrogens is 412 g/mol. The number of hydrogen-bond acceptors (Lipinski definition) is 4. The third kappa shape index (κ3) is 7.41. The predicted molar refractivity (Wildman–Crippen MR) is 136 cm³/mol. The van der Waals surface area contributed by atoms with Crippen LogP contribution in [0.3, 0.4) is 0 Å². The number of carbonyl (C=O) groups excluding carboxylic acids is 1. The fourth-order valence-electron chi connectivity index (χ4n) is 4.10. The van der Waals surface area contributed by atoms with Gasteiger partial charge in [0.15, 0.2) is 0 Å². The minimum atomic E-state index is -0.503. The number of aromatic nitrogens is 2. The molecule has 1 saturated heterocycles. The largest absolute Gasteiger partial charge is 0.328 e. The molecule has 3 N–H and O–H groups in total. The van der Waals surface area contributed by atoms with Crippen LogP contribution in [0.1, 0.15) is 87.2 Å². The molecule has 1 fully saturated rings. The van der Waals surface area contributed by atoms with Crippen LogP contribution < -0.4 is 10.8 Å². The zero-order valence-corrected chi connectivity index (χ0v) is 20.6. The van der Waals surface area contributed by atoms with Crippen LogP contribution in [0.5, 0.6) is 0 Å². The van der Waals surface area contributed by atoms with Crippen molar-refractivity contribution in [3.05, 3.63) is 65.5 Å². The summed E-state index contributed by atoms with van der Waals surface area (Å²) in [6.45, 7) is 11.3. The number of rotatable bonds is 6. The first-order valence-corrected chi connectivity index (χ1v) is 12.4. The lowest BCUT2D eigenvalue weighted by atomic mass is 9.89. The molecule has 33 heavy (non-hydrogen) atoms. The molecule has 0 radical (unpaired) electrons. The van der Waals surface area contributed by atoms with E-state index in [4.69, 9.17) is 5.21 Å². The van der Waals surface area contributed by atoms with E-state index in [1.807, 2.05) is 32.2 Å². The Morgan fingerprint density at radius 3 is 2.33 bits per heavy atom. The standard InChI is InChI=1S/C20H22N4O2.C5H12.C2H6/c25-20(23-26)16-3-1-14(2-4-16)13-24-12-8-18-17(7-11-22-19(18)24)15-5-9-21-10-6-15;1-3-5-4-2;1-2/h1-4,7-8,11-12,15,21,26H,5-6,9-10,13H2,(H,23,25);3-5H2,1-2H3;1-2H3. The highest BCUT2D eigenvalue weighted by Crippen LogP contribution is 2.31. The summed E-state index contributed by atoms with van der Waals surface area (Å²) in [6, 6.07) is 11.5. The van der Waals surface area contributed by atoms with E-state index in [0.717, 1.165) is 24.3 Å². The van der Waals surface area contributed by atoms with Gasteiger partial charge < -0.3 is 9.88 Å². The minimum absolute atomic E-state index is 0.430. The summed E-state index contributed by atoms with van der Waals surface area (Å²) in [5, 5.41) is 13.4. The number of carbonyl (C=O) groups is 1. The van der Waals surface area contributed by atoms with Crippen molar-refractivity contribution in [3.63, 3.8) is 0 Å². The van der Waals surface area contributed by atoms with Crippen LogP contribution in [-0.4, -0.2) is 33.8 Å². The topological polar surface area (TPSA) is 79.2 Å². The second-order valence-corrected chi connectivity index (χ2v) is 8.10. The van der Waals surface area contributed by atoms with Gasteiger partial charge in [-0.05, 0) is 67.2 Å². The number of amides is 1. The van der Waals surface area contributed by atoms with Crippen molar-refractivity contribution >= 4 is 16.9 Å². The summed E-state index contributed by atoms with van der Waals surface area (Å²) in [6.07, 6.45) is 10.4. The first-order chi connectivity index (χ1) is 16.2. The molecule has 1 aromatic carbocycles. The maximum Gasteiger partial charge on any atom is 0.274 e. The molecule has 180 valence electrons. The Morgan fingerprint density at radius 2 is 1.76 bits per heavy atom. The molecule has 6 nitrogen and oxygen atoms in total. The second kappa shape index (κ2) is 14.4. The fraction of sp³-hybridized carbons (Fsp3) is 0.481. The average Bonchev–Trinajstić information content (AvgIpc) is 3.29. The number of nitrogens with one attached hydrogen (secondary N) is 2. The zero-order chi connectivity index (χ0) is 24.1. The molecule has 0 atom stereocenters. The maximum atomic E-state index is 11.4. The Hall–Kier alpha value is -2.70. The summed E-state index contributed by atoms with van der Waals surface area (Å²) in [5.41, 5.74) is 5.55. The molecule has 2 aromatic heterocycles. The third-order valence-corrected chi connectivity index (χ3v) is 5.85. The quantitative estimate of drug-likeness (QED) is 0.322. The van der Waals surface area contributed by atoms with E-state index < -0.39 is 5.91 Å². The number of fused-ring (bicyclic) bond motifs is 1. The van der Waals surface area contributed by atoms with Gasteiger partial charge in [0.05, 0.1) is 0 Å². The SMILES string of the molecule is CC.CCCCC.O=C(NO)c1ccc(Cn2ccc3c(C4CCNCC4)ccnc32)cc1. The Balaban J connectivity index is 0.000000489. The van der Waals surface area contributed by atoms with Gasteiger partial charge in [-0.2, -0.15) is 0 Å². The summed E-state index contributed by atoms with van der Waals surface area (Å²) in [4.78, 5) is 16.0. The van der Waals surface area contributed by atoms with Crippen LogP contribution in [-0.2, 0) is 6.54 Å². The van der Waals surface area contributed by atoms with Crippen molar-refractivity contribution < 1.29 is 10.0 Å². The van der Waals surface area contributed by atoms with Gasteiger partial charge in [-0.25, -0.2) is 10.5 Å². The number of hydroxylamine groups is 1. The molecule has 0 bridgehead atoms. The average molecular weight is 453 g/mol. The fourth-order valence-corrected chi connectivity index (χ4v) is 4.10. The molecule has 1 amide bonds. The molecule has 6 heteroatoms. The number of piperidine rings is 1. The van der Waals surface area contributed by atoms with Crippen LogP contribution in [0.25, 0.3) is 11.0 Å². The first-order valence-electron chi connectivity index (χ1n) is 12.4. The van der Waals surface area contributed by atoms with Crippen molar-refractivity contribution in [2.45, 2.75) is 72.3 Å². The monoisotopic (exact) mass is 452 g/mol. The normalized spacial score (nSPS) is 13.5. The van der Waals surface area contributed by atoms with Gasteiger partial charge in [0.2, 0.25) is 0 Å². The molecule has 3 aromatic rings. The van der Waals surface area contributed by atoms with Crippen molar-refractivity contribution in [2.75, 3.05) is 13.1 Å². The van der Waals surface area contributed by atoms with Crippen LogP contribution in [0.4, 0.5) is 0 Å². The van der Waals surface area contributed by atoms with Gasteiger partial charge in [-0.15, -0.1) is 0 Å². The van der Waals surface area contributed by atoms with E-state index in [0.29, 0.717) is 18.0 Å². The van der Waals surface area contributed by atoms with Gasteiger partial charge >= 0.3 is 0 Å². The number of unbranched alkanes of at least 4 members (excludes halogenated alkanes) is 2. The summed E-state index contributed by atoms with van der Waals surface area (Å²) in [5.74, 6) is 0.0881. The maximum absolute atomic E-state index is 11.4. The Bertz CT molecular complexity index is 958. The molecule has 0 unspecified atom stereocenters. The Morgan fingerprint density at radius 1 is 1.09 bits per heavy atom. The van der Waals surface area contributed by atoms with Gasteiger partial charge in [0.1, 0.15) is 5.65 Å². The van der Waals surface area contributed by atoms with Gasteiger partial charge in [0.25, 0.3) is 5.91 Å². The summed E-state index contributed by atoms with van der Waals surface area (Å²) in [7, 11) is 0. The molecule has 4 rings (SSSR count). The number of benzene rings is 1. The highest BCUT2D eigenvalue weighted by Gasteiger charge is 2.18. The Kier molecular flexibility index (Phi) is 11.6. The number of hydrogen-bond donors (Lipinski definition) is 3. The predicted octanol–water partition coefficient (Wildman–Crippen LogP) is 5.89. The highest BCUT2D eigenvalue weighted by molar-refractivity contribution is 5.93. The van der Waals surface area contributed by atoms with E-state index >= 15 is 0 Å². The van der Waals surface area contributed by atoms with E-state index in [-0.39, 0.29) is 0 Å². The third-order valence-electron chi connectivity index (χ3n) is 5.85. The molecule has 1 aliphatic rings. The lowest BCUT2D eigenvalue weighted by Gasteiger charge is -2.23. The van der Waals surface area contributed by atoms with Crippen molar-refractivity contribution in [1.29, 1.82) is 0 Å². The minimum Gasteiger partial charge on any atom is -0.328 e. The van der Waals surface area contributed by atoms with Gasteiger partial charge in [-0.1, -0.05) is 59.1 Å². The molecule has 0 spiro atoms. The Labute approximate surface area is 198 Å². The first kappa shape index (κ1) is 26.6. The van der Waals surface area contributed by atoms with E-state index in [2.05, 4.69) is 47.0 Å². The van der Waals surface area contributed by atoms with Crippen molar-refractivity contribution in [2.24, 2.45) is 0 Å². The van der Waals surface area contributed by atoms with Crippen LogP contribution >= 0.6 is 0 Å². The molecule has 3 heterocycles. The second-order valence-electron chi connectivity index (χ2n) is 8.10. The van der Waals surface area contributed by atoms with Crippen LogP contribution in [0, 0.1) is 0 Å². The lowest BCUT2D eigenvalue weighted by Crippen LogP contribution is -2.26. The van der Waals surface area contributed by atoms with E-state index in [1.165, 1.54) is 43.1 Å². The summed E-state index contributed by atoms with van der Waals surface area (Å²) < 4.78 is 2.14. The molecule has 1 aliphatic heterocycles. The number of nitrogens with zero attached hydrogens (tertiary/aromatic N) is 2. The van der Waals surface area contributed by atoms with E-state index in [1.54, 1.807) is 17.6 Å². The molecule has 0 aliphatic carbocycles. The van der Waals surface area contributed by atoms with Gasteiger partial charge in [0, 0.05) is 29.9 Å². The molecular formula is C27H40N4O2. The van der Waals surface area contributed by atoms with E-state index in [9.17, 15) is 4.79 Å². The zero-order valence-electron chi connectivity index (χ0n) is 20.6. The number of pyridine rings is 1. The highest BCUT2D eigenvalue weighted by atomic mass is 16.5. The van der Waals surface area contributed by atoms with Crippen molar-refractivity contribution in [3.8, 4) is 0 Å². The van der Waals surface area contributed by atoms with Gasteiger partial charge in [-0.3, -0.25) is 10.0 Å². The van der Waals surface area contributed by atoms with Crippen LogP contribution in [0.2, 0.25) is 0 Å². The smallest absolute Gasteiger partial charge is 0.274 e. The van der Waals surface area contributed by atoms with Crippen molar-refractivity contribution in [1.82, 2.24) is 20.3 Å². The van der Waals surface area contributed by atoms with Crippen LogP contribution in [0.15, 0.2) is 48.8 Å². The molecule has 0 saturated carbocycles.